The van der Waals surface area contributed by atoms with Crippen LogP contribution in [0.25, 0.3) is 0 Å². The van der Waals surface area contributed by atoms with E-state index in [0.29, 0.717) is 12.1 Å². The number of likely N-dealkylation sites (N-methyl/N-ethyl adjacent to an activating group) is 1. The summed E-state index contributed by atoms with van der Waals surface area (Å²) in [6, 6.07) is 0.427. The van der Waals surface area contributed by atoms with Crippen molar-refractivity contribution in [3.05, 3.63) is 0 Å². The third-order valence-corrected chi connectivity index (χ3v) is 4.41. The largest absolute Gasteiger partial charge is 0.378 e. The predicted octanol–water partition coefficient (Wildman–Crippen LogP) is 3.13. The highest BCUT2D eigenvalue weighted by atomic mass is 16.5. The first-order valence-corrected chi connectivity index (χ1v) is 7.65. The summed E-state index contributed by atoms with van der Waals surface area (Å²) >= 11 is 0. The zero-order valence-corrected chi connectivity index (χ0v) is 12.6. The van der Waals surface area contributed by atoms with Crippen LogP contribution in [0, 0.1) is 0 Å². The number of ether oxygens (including phenoxy) is 2. The van der Waals surface area contributed by atoms with Gasteiger partial charge in [-0.05, 0) is 52.5 Å². The highest BCUT2D eigenvalue weighted by molar-refractivity contribution is 4.91. The van der Waals surface area contributed by atoms with Crippen molar-refractivity contribution in [2.24, 2.45) is 0 Å². The molecule has 1 aliphatic heterocycles. The highest BCUT2D eigenvalue weighted by Crippen LogP contribution is 2.29. The van der Waals surface area contributed by atoms with E-state index in [9.17, 15) is 0 Å². The zero-order chi connectivity index (χ0) is 13.4. The Kier molecular flexibility index (Phi) is 7.20. The minimum Gasteiger partial charge on any atom is -0.378 e. The van der Waals surface area contributed by atoms with E-state index in [1.807, 2.05) is 0 Å². The Morgan fingerprint density at radius 3 is 2.50 bits per heavy atom. The van der Waals surface area contributed by atoms with Gasteiger partial charge in [-0.2, -0.15) is 0 Å². The van der Waals surface area contributed by atoms with Crippen LogP contribution < -0.4 is 5.32 Å². The van der Waals surface area contributed by atoms with E-state index in [2.05, 4.69) is 33.1 Å². The summed E-state index contributed by atoms with van der Waals surface area (Å²) in [6.45, 7) is 8.30. The number of rotatable bonds is 9. The Balaban J connectivity index is 2.54. The molecule has 0 aromatic rings. The van der Waals surface area contributed by atoms with Crippen LogP contribution in [0.1, 0.15) is 59.3 Å². The summed E-state index contributed by atoms with van der Waals surface area (Å²) < 4.78 is 11.8. The Labute approximate surface area is 113 Å². The first kappa shape index (κ1) is 15.9. The normalized spacial score (nSPS) is 22.3. The van der Waals surface area contributed by atoms with Crippen molar-refractivity contribution in [1.82, 2.24) is 5.32 Å². The van der Waals surface area contributed by atoms with E-state index >= 15 is 0 Å². The summed E-state index contributed by atoms with van der Waals surface area (Å²) in [5.41, 5.74) is -0.0118. The van der Waals surface area contributed by atoms with Crippen LogP contribution in [0.2, 0.25) is 0 Å². The summed E-state index contributed by atoms with van der Waals surface area (Å²) in [4.78, 5) is 0. The maximum atomic E-state index is 6.09. The quantitative estimate of drug-likeness (QED) is 0.688. The minimum atomic E-state index is -0.0118. The molecule has 0 aromatic heterocycles. The Bertz CT molecular complexity index is 211. The van der Waals surface area contributed by atoms with Gasteiger partial charge in [-0.15, -0.1) is 0 Å². The molecule has 1 saturated heterocycles. The lowest BCUT2D eigenvalue weighted by Gasteiger charge is -2.39. The highest BCUT2D eigenvalue weighted by Gasteiger charge is 2.35. The van der Waals surface area contributed by atoms with Crippen LogP contribution >= 0.6 is 0 Å². The molecule has 0 bridgehead atoms. The molecule has 2 atom stereocenters. The van der Waals surface area contributed by atoms with Gasteiger partial charge in [-0.25, -0.2) is 0 Å². The molecule has 1 N–H and O–H groups in total. The van der Waals surface area contributed by atoms with Gasteiger partial charge in [0, 0.05) is 19.3 Å². The van der Waals surface area contributed by atoms with Crippen LogP contribution in [-0.4, -0.2) is 38.0 Å². The summed E-state index contributed by atoms with van der Waals surface area (Å²) in [6.07, 6.45) is 7.36. The van der Waals surface area contributed by atoms with Gasteiger partial charge in [0.25, 0.3) is 0 Å². The zero-order valence-electron chi connectivity index (χ0n) is 12.6. The molecule has 1 rings (SSSR count). The van der Waals surface area contributed by atoms with Crippen molar-refractivity contribution in [2.45, 2.75) is 77.0 Å². The fourth-order valence-electron chi connectivity index (χ4n) is 3.23. The van der Waals surface area contributed by atoms with Gasteiger partial charge in [-0.3, -0.25) is 0 Å². The molecule has 0 aromatic carbocycles. The second-order valence-electron chi connectivity index (χ2n) is 5.26. The van der Waals surface area contributed by atoms with Crippen LogP contribution in [0.5, 0.6) is 0 Å². The molecule has 108 valence electrons. The molecule has 0 saturated carbocycles. The topological polar surface area (TPSA) is 30.5 Å². The molecular weight excluding hydrogens is 226 g/mol. The van der Waals surface area contributed by atoms with Crippen molar-refractivity contribution in [3.8, 4) is 0 Å². The Hall–Kier alpha value is -0.120. The predicted molar refractivity (Wildman–Crippen MR) is 76.0 cm³/mol. The van der Waals surface area contributed by atoms with Gasteiger partial charge < -0.3 is 14.8 Å². The van der Waals surface area contributed by atoms with Crippen LogP contribution in [0.15, 0.2) is 0 Å². The summed E-state index contributed by atoms with van der Waals surface area (Å²) in [5.74, 6) is 0. The monoisotopic (exact) mass is 257 g/mol. The van der Waals surface area contributed by atoms with Gasteiger partial charge in [0.1, 0.15) is 0 Å². The van der Waals surface area contributed by atoms with Crippen LogP contribution in [-0.2, 0) is 9.47 Å². The lowest BCUT2D eigenvalue weighted by Crippen LogP contribution is -2.51. The van der Waals surface area contributed by atoms with E-state index in [1.54, 1.807) is 0 Å². The molecule has 0 amide bonds. The van der Waals surface area contributed by atoms with Gasteiger partial charge in [-0.1, -0.05) is 13.8 Å². The molecule has 0 radical (unpaired) electrons. The van der Waals surface area contributed by atoms with E-state index in [-0.39, 0.29) is 5.60 Å². The molecule has 1 fully saturated rings. The average Bonchev–Trinajstić information content (AvgIpc) is 2.91. The third kappa shape index (κ3) is 3.94. The molecule has 1 aliphatic rings. The molecule has 3 heteroatoms. The summed E-state index contributed by atoms with van der Waals surface area (Å²) in [5, 5.41) is 3.47. The number of hydrogen-bond donors (Lipinski definition) is 1. The van der Waals surface area contributed by atoms with Crippen molar-refractivity contribution in [1.29, 1.82) is 0 Å². The molecule has 2 unspecified atom stereocenters. The van der Waals surface area contributed by atoms with E-state index in [4.69, 9.17) is 9.47 Å². The van der Waals surface area contributed by atoms with Crippen molar-refractivity contribution < 1.29 is 9.47 Å². The van der Waals surface area contributed by atoms with Crippen LogP contribution in [0.4, 0.5) is 0 Å². The van der Waals surface area contributed by atoms with Gasteiger partial charge in [0.15, 0.2) is 0 Å². The van der Waals surface area contributed by atoms with Crippen LogP contribution in [0.3, 0.4) is 0 Å². The van der Waals surface area contributed by atoms with E-state index in [1.165, 1.54) is 12.8 Å². The Morgan fingerprint density at radius 2 is 2.06 bits per heavy atom. The first-order chi connectivity index (χ1) is 8.72. The lowest BCUT2D eigenvalue weighted by atomic mass is 9.84. The van der Waals surface area contributed by atoms with Crippen molar-refractivity contribution >= 4 is 0 Å². The SMILES string of the molecule is CCOC(CC)(CC)C(CCC1CCCO1)NC. The molecular formula is C15H31NO2. The fraction of sp³-hybridized carbons (Fsp3) is 1.00. The fourth-order valence-corrected chi connectivity index (χ4v) is 3.23. The summed E-state index contributed by atoms with van der Waals surface area (Å²) in [7, 11) is 2.05. The van der Waals surface area contributed by atoms with Gasteiger partial charge in [0.05, 0.1) is 11.7 Å². The molecule has 3 nitrogen and oxygen atoms in total. The molecule has 0 aliphatic carbocycles. The second kappa shape index (κ2) is 8.13. The second-order valence-corrected chi connectivity index (χ2v) is 5.26. The third-order valence-electron chi connectivity index (χ3n) is 4.41. The van der Waals surface area contributed by atoms with E-state index in [0.717, 1.165) is 38.9 Å². The Morgan fingerprint density at radius 1 is 1.33 bits per heavy atom. The van der Waals surface area contributed by atoms with Crippen molar-refractivity contribution in [2.75, 3.05) is 20.3 Å². The van der Waals surface area contributed by atoms with Gasteiger partial charge in [0.2, 0.25) is 0 Å². The van der Waals surface area contributed by atoms with E-state index < -0.39 is 0 Å². The molecule has 0 spiro atoms. The number of hydrogen-bond acceptors (Lipinski definition) is 3. The molecule has 1 heterocycles. The maximum absolute atomic E-state index is 6.09. The maximum Gasteiger partial charge on any atom is 0.0829 e. The number of nitrogens with one attached hydrogen (secondary N) is 1. The molecule has 18 heavy (non-hydrogen) atoms. The minimum absolute atomic E-state index is 0.0118. The lowest BCUT2D eigenvalue weighted by molar-refractivity contribution is -0.0744. The van der Waals surface area contributed by atoms with Crippen molar-refractivity contribution in [3.63, 3.8) is 0 Å². The standard InChI is InChI=1S/C15H31NO2/c1-5-15(6-2,18-7-3)14(16-4)11-10-13-9-8-12-17-13/h13-14,16H,5-12H2,1-4H3. The smallest absolute Gasteiger partial charge is 0.0829 e. The van der Waals surface area contributed by atoms with Gasteiger partial charge >= 0.3 is 0 Å². The first-order valence-electron chi connectivity index (χ1n) is 7.65. The average molecular weight is 257 g/mol.